The summed E-state index contributed by atoms with van der Waals surface area (Å²) >= 11 is 1.80. The molecule has 0 fully saturated rings. The molecule has 1 N–H and O–H groups in total. The summed E-state index contributed by atoms with van der Waals surface area (Å²) in [6.07, 6.45) is 6.39. The van der Waals surface area contributed by atoms with Crippen molar-refractivity contribution in [3.05, 3.63) is 44.2 Å². The Morgan fingerprint density at radius 1 is 1.17 bits per heavy atom. The zero-order valence-corrected chi connectivity index (χ0v) is 14.2. The molecule has 122 valence electrons. The second kappa shape index (κ2) is 5.11. The van der Waals surface area contributed by atoms with Crippen molar-refractivity contribution in [2.45, 2.75) is 45.7 Å². The third-order valence-electron chi connectivity index (χ3n) is 4.94. The van der Waals surface area contributed by atoms with E-state index in [4.69, 9.17) is 0 Å². The van der Waals surface area contributed by atoms with Crippen LogP contribution in [0.4, 0.5) is 5.82 Å². The molecule has 24 heavy (non-hydrogen) atoms. The Balaban J connectivity index is 1.65. The standard InChI is InChI=1S/C17H17N5OS/c1-9-20-12-7-22(6-11(12)16(23)21-9)15-14-10-4-2-3-5-13(10)24-17(14)19-8-18-15/h8H,2-7H2,1H3,(H,20,21,23). The van der Waals surface area contributed by atoms with Gasteiger partial charge in [0.05, 0.1) is 29.7 Å². The van der Waals surface area contributed by atoms with Crippen LogP contribution in [0.2, 0.25) is 0 Å². The maximum Gasteiger partial charge on any atom is 0.256 e. The first-order valence-electron chi connectivity index (χ1n) is 8.29. The van der Waals surface area contributed by atoms with Crippen molar-refractivity contribution in [2.75, 3.05) is 4.90 Å². The molecule has 3 aromatic heterocycles. The number of nitrogens with one attached hydrogen (secondary N) is 1. The molecule has 5 rings (SSSR count). The fraction of sp³-hybridized carbons (Fsp3) is 0.412. The largest absolute Gasteiger partial charge is 0.345 e. The van der Waals surface area contributed by atoms with Gasteiger partial charge in [0, 0.05) is 4.88 Å². The van der Waals surface area contributed by atoms with Gasteiger partial charge in [0.2, 0.25) is 0 Å². The highest BCUT2D eigenvalue weighted by atomic mass is 32.1. The van der Waals surface area contributed by atoms with Gasteiger partial charge in [-0.1, -0.05) is 0 Å². The van der Waals surface area contributed by atoms with Gasteiger partial charge in [-0.05, 0) is 38.2 Å². The van der Waals surface area contributed by atoms with Crippen molar-refractivity contribution in [3.63, 3.8) is 0 Å². The molecule has 2 aliphatic rings. The molecule has 0 radical (unpaired) electrons. The van der Waals surface area contributed by atoms with Crippen LogP contribution in [0, 0.1) is 6.92 Å². The van der Waals surface area contributed by atoms with Crippen molar-refractivity contribution in [2.24, 2.45) is 0 Å². The van der Waals surface area contributed by atoms with Crippen molar-refractivity contribution < 1.29 is 0 Å². The quantitative estimate of drug-likeness (QED) is 0.737. The fourth-order valence-electron chi connectivity index (χ4n) is 3.85. The number of aromatic amines is 1. The number of rotatable bonds is 1. The van der Waals surface area contributed by atoms with Crippen LogP contribution in [0.25, 0.3) is 10.2 Å². The highest BCUT2D eigenvalue weighted by Gasteiger charge is 2.28. The Morgan fingerprint density at radius 3 is 2.96 bits per heavy atom. The predicted molar refractivity (Wildman–Crippen MR) is 93.5 cm³/mol. The Labute approximate surface area is 142 Å². The van der Waals surface area contributed by atoms with Gasteiger partial charge >= 0.3 is 0 Å². The maximum atomic E-state index is 12.2. The molecule has 0 amide bonds. The first-order valence-corrected chi connectivity index (χ1v) is 9.11. The van der Waals surface area contributed by atoms with Gasteiger partial charge in [0.1, 0.15) is 22.8 Å². The average Bonchev–Trinajstić information content (AvgIpc) is 3.15. The molecule has 0 saturated carbocycles. The number of anilines is 1. The van der Waals surface area contributed by atoms with Crippen LogP contribution >= 0.6 is 11.3 Å². The molecule has 7 heteroatoms. The molecule has 0 aromatic carbocycles. The highest BCUT2D eigenvalue weighted by molar-refractivity contribution is 7.19. The van der Waals surface area contributed by atoms with E-state index in [2.05, 4.69) is 24.8 Å². The summed E-state index contributed by atoms with van der Waals surface area (Å²) in [6.45, 7) is 3.02. The summed E-state index contributed by atoms with van der Waals surface area (Å²) in [5, 5.41) is 1.19. The van der Waals surface area contributed by atoms with E-state index in [9.17, 15) is 4.79 Å². The number of thiophene rings is 1. The molecule has 1 aliphatic heterocycles. The average molecular weight is 339 g/mol. The lowest BCUT2D eigenvalue weighted by Crippen LogP contribution is -2.19. The lowest BCUT2D eigenvalue weighted by Gasteiger charge is -2.18. The first-order chi connectivity index (χ1) is 11.7. The van der Waals surface area contributed by atoms with Crippen LogP contribution in [-0.4, -0.2) is 19.9 Å². The maximum absolute atomic E-state index is 12.2. The van der Waals surface area contributed by atoms with Crippen LogP contribution in [0.15, 0.2) is 11.1 Å². The van der Waals surface area contributed by atoms with Gasteiger partial charge < -0.3 is 9.88 Å². The Bertz CT molecular complexity index is 1020. The molecule has 0 saturated heterocycles. The second-order valence-electron chi connectivity index (χ2n) is 6.52. The molecule has 3 aromatic rings. The van der Waals surface area contributed by atoms with Crippen LogP contribution in [0.3, 0.4) is 0 Å². The van der Waals surface area contributed by atoms with E-state index in [1.54, 1.807) is 17.7 Å². The van der Waals surface area contributed by atoms with E-state index in [-0.39, 0.29) is 5.56 Å². The lowest BCUT2D eigenvalue weighted by molar-refractivity contribution is 0.700. The lowest BCUT2D eigenvalue weighted by atomic mass is 9.97. The van der Waals surface area contributed by atoms with Crippen molar-refractivity contribution in [3.8, 4) is 0 Å². The Kier molecular flexibility index (Phi) is 3.00. The number of nitrogens with zero attached hydrogens (tertiary/aromatic N) is 4. The van der Waals surface area contributed by atoms with Gasteiger partial charge in [0.25, 0.3) is 5.56 Å². The molecule has 0 atom stereocenters. The van der Waals surface area contributed by atoms with E-state index >= 15 is 0 Å². The van der Waals surface area contributed by atoms with Crippen molar-refractivity contribution in [1.29, 1.82) is 0 Å². The fourth-order valence-corrected chi connectivity index (χ4v) is 5.08. The smallest absolute Gasteiger partial charge is 0.256 e. The Hall–Kier alpha value is -2.28. The molecule has 1 aliphatic carbocycles. The highest BCUT2D eigenvalue weighted by Crippen LogP contribution is 2.40. The summed E-state index contributed by atoms with van der Waals surface area (Å²) in [6, 6.07) is 0. The Morgan fingerprint density at radius 2 is 2.04 bits per heavy atom. The molecular weight excluding hydrogens is 322 g/mol. The van der Waals surface area contributed by atoms with E-state index in [1.807, 2.05) is 6.92 Å². The molecule has 6 nitrogen and oxygen atoms in total. The summed E-state index contributed by atoms with van der Waals surface area (Å²) in [7, 11) is 0. The number of hydrogen-bond acceptors (Lipinski definition) is 6. The normalized spacial score (nSPS) is 16.5. The zero-order chi connectivity index (χ0) is 16.3. The van der Waals surface area contributed by atoms with Crippen LogP contribution in [0.5, 0.6) is 0 Å². The van der Waals surface area contributed by atoms with Crippen LogP contribution in [0.1, 0.15) is 40.4 Å². The van der Waals surface area contributed by atoms with Gasteiger partial charge in [-0.25, -0.2) is 15.0 Å². The van der Waals surface area contributed by atoms with Crippen LogP contribution < -0.4 is 10.5 Å². The first kappa shape index (κ1) is 14.1. The number of aromatic nitrogens is 4. The van der Waals surface area contributed by atoms with E-state index in [0.29, 0.717) is 18.9 Å². The number of hydrogen-bond donors (Lipinski definition) is 1. The molecular formula is C17H17N5OS. The third-order valence-corrected chi connectivity index (χ3v) is 6.14. The summed E-state index contributed by atoms with van der Waals surface area (Å²) in [5.74, 6) is 1.62. The summed E-state index contributed by atoms with van der Waals surface area (Å²) in [4.78, 5) is 33.3. The van der Waals surface area contributed by atoms with Gasteiger partial charge in [-0.15, -0.1) is 11.3 Å². The minimum Gasteiger partial charge on any atom is -0.345 e. The predicted octanol–water partition coefficient (Wildman–Crippen LogP) is 2.48. The molecule has 0 bridgehead atoms. The molecule has 4 heterocycles. The minimum absolute atomic E-state index is 0.0300. The van der Waals surface area contributed by atoms with E-state index < -0.39 is 0 Å². The second-order valence-corrected chi connectivity index (χ2v) is 7.60. The number of H-pyrrole nitrogens is 1. The van der Waals surface area contributed by atoms with E-state index in [1.165, 1.54) is 28.7 Å². The van der Waals surface area contributed by atoms with Crippen molar-refractivity contribution in [1.82, 2.24) is 19.9 Å². The molecule has 0 unspecified atom stereocenters. The van der Waals surface area contributed by atoms with Crippen molar-refractivity contribution >= 4 is 27.4 Å². The van der Waals surface area contributed by atoms with Gasteiger partial charge in [-0.2, -0.15) is 0 Å². The van der Waals surface area contributed by atoms with Gasteiger partial charge in [-0.3, -0.25) is 4.79 Å². The topological polar surface area (TPSA) is 74.8 Å². The number of aryl methyl sites for hydroxylation is 3. The summed E-state index contributed by atoms with van der Waals surface area (Å²) < 4.78 is 0. The van der Waals surface area contributed by atoms with Crippen LogP contribution in [-0.2, 0) is 25.9 Å². The summed E-state index contributed by atoms with van der Waals surface area (Å²) in [5.41, 5.74) is 3.02. The van der Waals surface area contributed by atoms with Gasteiger partial charge in [0.15, 0.2) is 0 Å². The monoisotopic (exact) mass is 339 g/mol. The minimum atomic E-state index is -0.0300. The molecule has 0 spiro atoms. The SMILES string of the molecule is Cc1nc2c(c(=O)[nH]1)CN(c1ncnc3sc4c(c13)CCCC4)C2. The van der Waals surface area contributed by atoms with E-state index in [0.717, 1.165) is 34.7 Å². The zero-order valence-electron chi connectivity index (χ0n) is 13.4. The number of fused-ring (bicyclic) bond motifs is 4. The third kappa shape index (κ3) is 2.00.